The lowest BCUT2D eigenvalue weighted by molar-refractivity contribution is -0.384. The van der Waals surface area contributed by atoms with E-state index in [1.807, 2.05) is 12.1 Å². The summed E-state index contributed by atoms with van der Waals surface area (Å²) >= 11 is 3.32. The zero-order chi connectivity index (χ0) is 20.8. The molecule has 2 aromatic carbocycles. The van der Waals surface area contributed by atoms with Crippen molar-refractivity contribution in [2.45, 2.75) is 13.2 Å². The van der Waals surface area contributed by atoms with Crippen LogP contribution < -0.4 is 5.32 Å². The molecule has 0 unspecified atom stereocenters. The molecule has 0 bridgehead atoms. The Hall–Kier alpha value is -3.60. The van der Waals surface area contributed by atoms with Crippen molar-refractivity contribution >= 4 is 39.2 Å². The van der Waals surface area contributed by atoms with Gasteiger partial charge in [-0.15, -0.1) is 5.10 Å². The Morgan fingerprint density at radius 2 is 1.83 bits per heavy atom. The Kier molecular flexibility index (Phi) is 6.29. The van der Waals surface area contributed by atoms with Gasteiger partial charge in [0.1, 0.15) is 18.8 Å². The van der Waals surface area contributed by atoms with Gasteiger partial charge >= 0.3 is 5.97 Å². The highest BCUT2D eigenvalue weighted by Crippen LogP contribution is 2.14. The minimum absolute atomic E-state index is 0.0562. The number of anilines is 1. The molecule has 1 amide bonds. The summed E-state index contributed by atoms with van der Waals surface area (Å²) in [7, 11) is 0. The van der Waals surface area contributed by atoms with Crippen molar-refractivity contribution in [1.82, 2.24) is 15.0 Å². The van der Waals surface area contributed by atoms with Gasteiger partial charge in [-0.1, -0.05) is 21.1 Å². The lowest BCUT2D eigenvalue weighted by Gasteiger charge is -2.05. The van der Waals surface area contributed by atoms with E-state index in [4.69, 9.17) is 4.74 Å². The topological polar surface area (TPSA) is 129 Å². The van der Waals surface area contributed by atoms with Gasteiger partial charge in [0, 0.05) is 22.3 Å². The third kappa shape index (κ3) is 5.69. The van der Waals surface area contributed by atoms with E-state index in [0.29, 0.717) is 11.4 Å². The van der Waals surface area contributed by atoms with E-state index in [-0.39, 0.29) is 30.3 Å². The molecule has 1 aromatic heterocycles. The number of nitro benzene ring substituents is 1. The molecule has 1 heterocycles. The van der Waals surface area contributed by atoms with Crippen molar-refractivity contribution in [2.75, 3.05) is 5.32 Å². The van der Waals surface area contributed by atoms with Gasteiger partial charge in [0.05, 0.1) is 16.7 Å². The molecular formula is C18H14BrN5O5. The molecule has 0 aliphatic rings. The standard InChI is InChI=1S/C18H14BrN5O5/c19-13-3-5-14(6-4-13)20-17(25)10-23-9-15(21-22-23)11-29-18(26)12-1-7-16(8-2-12)24(27)28/h1-9H,10-11H2,(H,20,25). The Labute approximate surface area is 172 Å². The average Bonchev–Trinajstić information content (AvgIpc) is 3.15. The molecule has 11 heteroatoms. The van der Waals surface area contributed by atoms with Gasteiger partial charge in [0.2, 0.25) is 5.91 Å². The van der Waals surface area contributed by atoms with Crippen LogP contribution in [-0.4, -0.2) is 31.8 Å². The third-order valence-electron chi connectivity index (χ3n) is 3.68. The van der Waals surface area contributed by atoms with Crippen LogP contribution in [0.2, 0.25) is 0 Å². The summed E-state index contributed by atoms with van der Waals surface area (Å²) in [5.41, 5.74) is 1.06. The molecule has 3 rings (SSSR count). The fourth-order valence-electron chi connectivity index (χ4n) is 2.30. The molecule has 0 saturated heterocycles. The first-order chi connectivity index (χ1) is 13.9. The number of aromatic nitrogens is 3. The predicted octanol–water partition coefficient (Wildman–Crippen LogP) is 2.94. The quantitative estimate of drug-likeness (QED) is 0.326. The van der Waals surface area contributed by atoms with Crippen molar-refractivity contribution in [3.8, 4) is 0 Å². The maximum absolute atomic E-state index is 12.1. The monoisotopic (exact) mass is 459 g/mol. The number of amides is 1. The van der Waals surface area contributed by atoms with E-state index in [9.17, 15) is 19.7 Å². The number of nitrogens with zero attached hydrogens (tertiary/aromatic N) is 4. The van der Waals surface area contributed by atoms with E-state index in [1.165, 1.54) is 35.1 Å². The lowest BCUT2D eigenvalue weighted by Crippen LogP contribution is -2.19. The Balaban J connectivity index is 1.50. The number of halogens is 1. The zero-order valence-electron chi connectivity index (χ0n) is 14.8. The summed E-state index contributed by atoms with van der Waals surface area (Å²) in [4.78, 5) is 34.1. The van der Waals surface area contributed by atoms with Gasteiger partial charge in [-0.25, -0.2) is 9.48 Å². The molecule has 0 aliphatic heterocycles. The Morgan fingerprint density at radius 1 is 1.14 bits per heavy atom. The number of benzene rings is 2. The first-order valence-corrected chi connectivity index (χ1v) is 9.06. The number of non-ortho nitro benzene ring substituents is 1. The van der Waals surface area contributed by atoms with Crippen LogP contribution in [-0.2, 0) is 22.7 Å². The molecule has 0 saturated carbocycles. The first-order valence-electron chi connectivity index (χ1n) is 8.27. The molecule has 1 N–H and O–H groups in total. The number of rotatable bonds is 7. The van der Waals surface area contributed by atoms with Crippen molar-refractivity contribution < 1.29 is 19.2 Å². The number of carbonyl (C=O) groups is 2. The summed E-state index contributed by atoms with van der Waals surface area (Å²) in [6, 6.07) is 12.2. The highest BCUT2D eigenvalue weighted by atomic mass is 79.9. The second-order valence-corrected chi connectivity index (χ2v) is 6.76. The van der Waals surface area contributed by atoms with E-state index < -0.39 is 10.9 Å². The van der Waals surface area contributed by atoms with Gasteiger partial charge in [-0.05, 0) is 36.4 Å². The smallest absolute Gasteiger partial charge is 0.338 e. The molecular weight excluding hydrogens is 446 g/mol. The molecule has 10 nitrogen and oxygen atoms in total. The summed E-state index contributed by atoms with van der Waals surface area (Å²) in [5, 5.41) is 21.0. The number of ether oxygens (including phenoxy) is 1. The molecule has 29 heavy (non-hydrogen) atoms. The maximum atomic E-state index is 12.1. The second kappa shape index (κ2) is 9.06. The Bertz CT molecular complexity index is 1030. The van der Waals surface area contributed by atoms with E-state index in [2.05, 4.69) is 31.6 Å². The molecule has 0 radical (unpaired) electrons. The highest BCUT2D eigenvalue weighted by Gasteiger charge is 2.12. The first kappa shape index (κ1) is 20.1. The van der Waals surface area contributed by atoms with Gasteiger partial charge in [0.15, 0.2) is 0 Å². The molecule has 148 valence electrons. The summed E-state index contributed by atoms with van der Waals surface area (Å²) in [5.74, 6) is -0.936. The fourth-order valence-corrected chi connectivity index (χ4v) is 2.57. The largest absolute Gasteiger partial charge is 0.455 e. The number of esters is 1. The van der Waals surface area contributed by atoms with Gasteiger partial charge in [-0.2, -0.15) is 0 Å². The number of carbonyl (C=O) groups excluding carboxylic acids is 2. The minimum atomic E-state index is -0.651. The number of nitro groups is 1. The summed E-state index contributed by atoms with van der Waals surface area (Å²) in [6.07, 6.45) is 1.49. The Morgan fingerprint density at radius 3 is 2.48 bits per heavy atom. The van der Waals surface area contributed by atoms with Gasteiger partial charge < -0.3 is 10.1 Å². The van der Waals surface area contributed by atoms with Crippen molar-refractivity contribution in [3.63, 3.8) is 0 Å². The number of hydrogen-bond donors (Lipinski definition) is 1. The SMILES string of the molecule is O=C(Cn1cc(COC(=O)c2ccc([N+](=O)[O-])cc2)nn1)Nc1ccc(Br)cc1. The highest BCUT2D eigenvalue weighted by molar-refractivity contribution is 9.10. The summed E-state index contributed by atoms with van der Waals surface area (Å²) in [6.45, 7) is -0.205. The van der Waals surface area contributed by atoms with E-state index in [0.717, 1.165) is 4.47 Å². The lowest BCUT2D eigenvalue weighted by atomic mass is 10.2. The summed E-state index contributed by atoms with van der Waals surface area (Å²) < 4.78 is 7.34. The van der Waals surface area contributed by atoms with Crippen LogP contribution in [0.4, 0.5) is 11.4 Å². The van der Waals surface area contributed by atoms with E-state index >= 15 is 0 Å². The van der Waals surface area contributed by atoms with E-state index in [1.54, 1.807) is 12.1 Å². The van der Waals surface area contributed by atoms with Crippen LogP contribution in [0.3, 0.4) is 0 Å². The van der Waals surface area contributed by atoms with Crippen LogP contribution in [0.5, 0.6) is 0 Å². The van der Waals surface area contributed by atoms with Crippen LogP contribution in [0.1, 0.15) is 16.1 Å². The minimum Gasteiger partial charge on any atom is -0.455 e. The van der Waals surface area contributed by atoms with Gasteiger partial charge in [0.25, 0.3) is 5.69 Å². The van der Waals surface area contributed by atoms with Crippen molar-refractivity contribution in [3.05, 3.63) is 80.6 Å². The molecule has 0 fully saturated rings. The third-order valence-corrected chi connectivity index (χ3v) is 4.21. The number of hydrogen-bond acceptors (Lipinski definition) is 7. The molecule has 0 atom stereocenters. The second-order valence-electron chi connectivity index (χ2n) is 5.84. The van der Waals surface area contributed by atoms with Crippen LogP contribution in [0.25, 0.3) is 0 Å². The molecule has 0 spiro atoms. The van der Waals surface area contributed by atoms with Gasteiger partial charge in [-0.3, -0.25) is 14.9 Å². The predicted molar refractivity (Wildman–Crippen MR) is 105 cm³/mol. The normalized spacial score (nSPS) is 10.4. The maximum Gasteiger partial charge on any atom is 0.338 e. The van der Waals surface area contributed by atoms with Crippen LogP contribution in [0, 0.1) is 10.1 Å². The molecule has 0 aliphatic carbocycles. The van der Waals surface area contributed by atoms with Crippen LogP contribution in [0.15, 0.2) is 59.2 Å². The average molecular weight is 460 g/mol. The molecule has 3 aromatic rings. The van der Waals surface area contributed by atoms with Crippen molar-refractivity contribution in [2.24, 2.45) is 0 Å². The fraction of sp³-hybridized carbons (Fsp3) is 0.111. The van der Waals surface area contributed by atoms with Crippen LogP contribution >= 0.6 is 15.9 Å². The number of nitrogens with one attached hydrogen (secondary N) is 1. The van der Waals surface area contributed by atoms with Crippen molar-refractivity contribution in [1.29, 1.82) is 0 Å². The zero-order valence-corrected chi connectivity index (χ0v) is 16.4.